The van der Waals surface area contributed by atoms with Crippen molar-refractivity contribution in [3.8, 4) is 0 Å². The van der Waals surface area contributed by atoms with Gasteiger partial charge in [0.25, 0.3) is 0 Å². The first-order valence-electron chi connectivity index (χ1n) is 5.05. The standard InChI is InChI=1S/C9H20O4S.K/c1-3-5-7-9(10,8-6-4-2)14(11,12)13;/h10H,3-8H2,1-2H3,(H,11,12,13);/q;+1/p-1. The average Bonchev–Trinajstić information content (AvgIpc) is 2.09. The van der Waals surface area contributed by atoms with E-state index in [1.807, 2.05) is 13.8 Å². The van der Waals surface area contributed by atoms with E-state index in [4.69, 9.17) is 0 Å². The van der Waals surface area contributed by atoms with Gasteiger partial charge in [-0.2, -0.15) is 0 Å². The van der Waals surface area contributed by atoms with Crippen molar-refractivity contribution < 1.29 is 69.5 Å². The number of rotatable bonds is 7. The van der Waals surface area contributed by atoms with Crippen LogP contribution in [0.2, 0.25) is 0 Å². The summed E-state index contributed by atoms with van der Waals surface area (Å²) in [5.74, 6) is 0. The molecule has 0 aromatic rings. The number of unbranched alkanes of at least 4 members (excludes halogenated alkanes) is 2. The van der Waals surface area contributed by atoms with E-state index in [1.54, 1.807) is 0 Å². The van der Waals surface area contributed by atoms with Gasteiger partial charge in [0.15, 0.2) is 4.93 Å². The van der Waals surface area contributed by atoms with Crippen LogP contribution in [0.1, 0.15) is 52.4 Å². The van der Waals surface area contributed by atoms with Crippen molar-refractivity contribution >= 4 is 10.1 Å². The third-order valence-corrected chi connectivity index (χ3v) is 3.65. The van der Waals surface area contributed by atoms with E-state index in [0.29, 0.717) is 12.8 Å². The molecule has 15 heavy (non-hydrogen) atoms. The molecular weight excluding hydrogens is 243 g/mol. The van der Waals surface area contributed by atoms with E-state index in [9.17, 15) is 18.1 Å². The minimum absolute atomic E-state index is 0. The summed E-state index contributed by atoms with van der Waals surface area (Å²) in [7, 11) is -4.60. The average molecular weight is 262 g/mol. The van der Waals surface area contributed by atoms with Gasteiger partial charge >= 0.3 is 51.4 Å². The zero-order valence-corrected chi connectivity index (χ0v) is 13.8. The maximum absolute atomic E-state index is 10.9. The molecule has 0 bridgehead atoms. The van der Waals surface area contributed by atoms with Crippen LogP contribution in [-0.2, 0) is 10.1 Å². The monoisotopic (exact) mass is 262 g/mol. The first-order valence-corrected chi connectivity index (χ1v) is 6.46. The molecule has 0 radical (unpaired) electrons. The zero-order chi connectivity index (χ0) is 11.2. The van der Waals surface area contributed by atoms with Crippen LogP contribution in [0.15, 0.2) is 0 Å². The van der Waals surface area contributed by atoms with Crippen LogP contribution in [-0.4, -0.2) is 23.0 Å². The zero-order valence-electron chi connectivity index (χ0n) is 9.82. The summed E-state index contributed by atoms with van der Waals surface area (Å²) in [5.41, 5.74) is 0. The maximum Gasteiger partial charge on any atom is 1.00 e. The summed E-state index contributed by atoms with van der Waals surface area (Å²) < 4.78 is 32.6. The third kappa shape index (κ3) is 6.73. The van der Waals surface area contributed by atoms with Gasteiger partial charge in [-0.15, -0.1) is 0 Å². The predicted octanol–water partition coefficient (Wildman–Crippen LogP) is -1.40. The Bertz CT molecular complexity index is 243. The summed E-state index contributed by atoms with van der Waals surface area (Å²) in [6.07, 6.45) is 2.75. The van der Waals surface area contributed by atoms with Crippen molar-refractivity contribution in [2.75, 3.05) is 0 Å². The summed E-state index contributed by atoms with van der Waals surface area (Å²) in [5, 5.41) is 9.71. The van der Waals surface area contributed by atoms with Gasteiger partial charge in [-0.25, -0.2) is 8.42 Å². The van der Waals surface area contributed by atoms with Gasteiger partial charge in [0.2, 0.25) is 0 Å². The van der Waals surface area contributed by atoms with Gasteiger partial charge in [0.1, 0.15) is 10.1 Å². The largest absolute Gasteiger partial charge is 1.00 e. The molecule has 1 N–H and O–H groups in total. The predicted molar refractivity (Wildman–Crippen MR) is 53.7 cm³/mol. The number of hydrogen-bond donors (Lipinski definition) is 1. The number of hydrogen-bond acceptors (Lipinski definition) is 4. The van der Waals surface area contributed by atoms with E-state index in [0.717, 1.165) is 12.8 Å². The molecule has 0 saturated heterocycles. The van der Waals surface area contributed by atoms with Gasteiger partial charge in [0, 0.05) is 0 Å². The first kappa shape index (κ1) is 18.9. The van der Waals surface area contributed by atoms with E-state index in [1.165, 1.54) is 0 Å². The van der Waals surface area contributed by atoms with Crippen molar-refractivity contribution in [2.45, 2.75) is 57.3 Å². The molecule has 0 unspecified atom stereocenters. The Balaban J connectivity index is 0. The van der Waals surface area contributed by atoms with Gasteiger partial charge in [-0.3, -0.25) is 0 Å². The van der Waals surface area contributed by atoms with Crippen LogP contribution < -0.4 is 51.4 Å². The fourth-order valence-corrected chi connectivity index (χ4v) is 2.07. The SMILES string of the molecule is CCCCC(O)(CCCC)S(=O)(=O)[O-].[K+]. The van der Waals surface area contributed by atoms with Gasteiger partial charge in [-0.1, -0.05) is 26.7 Å². The van der Waals surface area contributed by atoms with Gasteiger partial charge in [0.05, 0.1) is 0 Å². The Labute approximate surface area is 135 Å². The molecule has 0 atom stereocenters. The smallest absolute Gasteiger partial charge is 0.746 e. The minimum Gasteiger partial charge on any atom is -0.746 e. The molecule has 0 saturated carbocycles. The van der Waals surface area contributed by atoms with Crippen LogP contribution in [0.3, 0.4) is 0 Å². The summed E-state index contributed by atoms with van der Waals surface area (Å²) in [6, 6.07) is 0. The summed E-state index contributed by atoms with van der Waals surface area (Å²) in [4.78, 5) is -2.04. The van der Waals surface area contributed by atoms with Crippen molar-refractivity contribution in [1.82, 2.24) is 0 Å². The van der Waals surface area contributed by atoms with Crippen molar-refractivity contribution in [1.29, 1.82) is 0 Å². The van der Waals surface area contributed by atoms with Crippen LogP contribution in [0.5, 0.6) is 0 Å². The van der Waals surface area contributed by atoms with Gasteiger partial charge < -0.3 is 9.66 Å². The first-order chi connectivity index (χ1) is 6.37. The second-order valence-corrected chi connectivity index (χ2v) is 5.28. The Morgan fingerprint density at radius 2 is 1.47 bits per heavy atom. The van der Waals surface area contributed by atoms with Gasteiger partial charge in [-0.05, 0) is 25.7 Å². The quantitative estimate of drug-likeness (QED) is 0.452. The molecule has 0 aliphatic rings. The Hall–Kier alpha value is 1.51. The molecule has 0 heterocycles. The molecule has 0 amide bonds. The molecule has 0 rings (SSSR count). The Morgan fingerprint density at radius 3 is 1.67 bits per heavy atom. The van der Waals surface area contributed by atoms with E-state index in [-0.39, 0.29) is 64.2 Å². The van der Waals surface area contributed by atoms with Crippen LogP contribution in [0, 0.1) is 0 Å². The minimum atomic E-state index is -4.60. The molecule has 0 spiro atoms. The molecule has 6 heteroatoms. The fraction of sp³-hybridized carbons (Fsp3) is 1.00. The molecule has 0 fully saturated rings. The molecule has 86 valence electrons. The van der Waals surface area contributed by atoms with E-state index < -0.39 is 15.1 Å². The Morgan fingerprint density at radius 1 is 1.13 bits per heavy atom. The topological polar surface area (TPSA) is 77.4 Å². The molecule has 0 aliphatic carbocycles. The molecule has 0 aromatic heterocycles. The van der Waals surface area contributed by atoms with Crippen molar-refractivity contribution in [2.24, 2.45) is 0 Å². The fourth-order valence-electron chi connectivity index (χ4n) is 1.28. The maximum atomic E-state index is 10.9. The van der Waals surface area contributed by atoms with Crippen LogP contribution in [0.4, 0.5) is 0 Å². The molecule has 0 aliphatic heterocycles. The van der Waals surface area contributed by atoms with Crippen LogP contribution >= 0.6 is 0 Å². The van der Waals surface area contributed by atoms with Crippen molar-refractivity contribution in [3.05, 3.63) is 0 Å². The van der Waals surface area contributed by atoms with Crippen molar-refractivity contribution in [3.63, 3.8) is 0 Å². The van der Waals surface area contributed by atoms with E-state index in [2.05, 4.69) is 0 Å². The summed E-state index contributed by atoms with van der Waals surface area (Å²) in [6.45, 7) is 3.77. The van der Waals surface area contributed by atoms with E-state index >= 15 is 0 Å². The normalized spacial score (nSPS) is 12.3. The number of aliphatic hydroxyl groups is 1. The second kappa shape index (κ2) is 8.58. The Kier molecular flexibility index (Phi) is 10.8. The molecule has 4 nitrogen and oxygen atoms in total. The second-order valence-electron chi connectivity index (χ2n) is 3.61. The van der Waals surface area contributed by atoms with Crippen LogP contribution in [0.25, 0.3) is 0 Å². The summed E-state index contributed by atoms with van der Waals surface area (Å²) >= 11 is 0. The molecule has 0 aromatic carbocycles. The third-order valence-electron chi connectivity index (χ3n) is 2.31. The molecular formula is C9H19KO4S.